The number of unbranched alkanes of at least 4 members (excludes halogenated alkanes) is 5. The smallest absolute Gasteiger partial charge is 0.317 e. The molecule has 3 amide bonds. The van der Waals surface area contributed by atoms with Crippen molar-refractivity contribution in [2.75, 3.05) is 57.7 Å². The topological polar surface area (TPSA) is 126 Å². The summed E-state index contributed by atoms with van der Waals surface area (Å²) in [6.07, 6.45) is 10.9. The Morgan fingerprint density at radius 1 is 0.851 bits per heavy atom. The second-order valence-electron chi connectivity index (χ2n) is 13.1. The summed E-state index contributed by atoms with van der Waals surface area (Å²) in [5, 5.41) is 29.5. The monoisotopic (exact) mass is 651 g/mol. The molecule has 1 atom stereocenters. The molecule has 4 rings (SSSR count). The Labute approximate surface area is 281 Å². The number of piperidine rings is 2. The molecular weight excluding hydrogens is 594 g/mol. The van der Waals surface area contributed by atoms with Crippen molar-refractivity contribution in [3.63, 3.8) is 0 Å². The lowest BCUT2D eigenvalue weighted by atomic mass is 9.94. The molecular formula is C37H57N5O5. The number of nitrogens with one attached hydrogen (secondary N) is 3. The van der Waals surface area contributed by atoms with E-state index < -0.39 is 6.10 Å². The number of nitrogens with zero attached hydrogens (tertiary/aromatic N) is 2. The maximum atomic E-state index is 13.3. The Morgan fingerprint density at radius 2 is 1.51 bits per heavy atom. The van der Waals surface area contributed by atoms with Gasteiger partial charge in [-0.05, 0) is 87.0 Å². The van der Waals surface area contributed by atoms with E-state index in [0.717, 1.165) is 70.4 Å². The number of aromatic hydroxyl groups is 1. The third-order valence-corrected chi connectivity index (χ3v) is 9.32. The number of carbonyl (C=O) groups is 2. The molecule has 0 spiro atoms. The van der Waals surface area contributed by atoms with Gasteiger partial charge in [0.2, 0.25) is 5.91 Å². The number of hydrogen-bond acceptors (Lipinski definition) is 7. The molecule has 47 heavy (non-hydrogen) atoms. The van der Waals surface area contributed by atoms with Gasteiger partial charge in [0, 0.05) is 56.9 Å². The summed E-state index contributed by atoms with van der Waals surface area (Å²) >= 11 is 0. The first-order valence-electron chi connectivity index (χ1n) is 17.9. The number of carbonyl (C=O) groups excluding carboxylic acids is 2. The van der Waals surface area contributed by atoms with E-state index in [-0.39, 0.29) is 30.2 Å². The van der Waals surface area contributed by atoms with E-state index in [9.17, 15) is 19.8 Å². The first-order valence-corrected chi connectivity index (χ1v) is 17.9. The van der Waals surface area contributed by atoms with Gasteiger partial charge in [0.25, 0.3) is 0 Å². The summed E-state index contributed by atoms with van der Waals surface area (Å²) in [4.78, 5) is 29.7. The zero-order chi connectivity index (χ0) is 33.3. The fraction of sp³-hybridized carbons (Fsp3) is 0.622. The number of aliphatic hydroxyl groups is 1. The van der Waals surface area contributed by atoms with Gasteiger partial charge in [0.1, 0.15) is 24.2 Å². The fourth-order valence-electron chi connectivity index (χ4n) is 6.34. The van der Waals surface area contributed by atoms with Gasteiger partial charge >= 0.3 is 6.03 Å². The van der Waals surface area contributed by atoms with E-state index in [4.69, 9.17) is 4.74 Å². The molecule has 10 nitrogen and oxygen atoms in total. The Morgan fingerprint density at radius 3 is 2.21 bits per heavy atom. The minimum absolute atomic E-state index is 0.0192. The van der Waals surface area contributed by atoms with Crippen LogP contribution in [0.15, 0.2) is 48.5 Å². The highest BCUT2D eigenvalue weighted by atomic mass is 16.5. The minimum Gasteiger partial charge on any atom is -0.508 e. The molecule has 260 valence electrons. The lowest BCUT2D eigenvalue weighted by molar-refractivity contribution is -0.137. The highest BCUT2D eigenvalue weighted by Gasteiger charge is 2.32. The van der Waals surface area contributed by atoms with Crippen LogP contribution in [0, 0.1) is 5.92 Å². The summed E-state index contributed by atoms with van der Waals surface area (Å²) in [6.45, 7) is 7.18. The van der Waals surface area contributed by atoms with Crippen LogP contribution < -0.4 is 20.7 Å². The Hall–Kier alpha value is -3.50. The van der Waals surface area contributed by atoms with Gasteiger partial charge in [-0.15, -0.1) is 0 Å². The molecule has 2 aliphatic rings. The lowest BCUT2D eigenvalue weighted by Crippen LogP contribution is -2.49. The Bertz CT molecular complexity index is 1180. The van der Waals surface area contributed by atoms with Gasteiger partial charge < -0.3 is 40.7 Å². The number of likely N-dealkylation sites (tertiary alicyclic amines) is 2. The molecule has 0 bridgehead atoms. The van der Waals surface area contributed by atoms with E-state index in [1.54, 1.807) is 24.3 Å². The van der Waals surface area contributed by atoms with E-state index in [2.05, 4.69) is 47.1 Å². The van der Waals surface area contributed by atoms with Crippen molar-refractivity contribution >= 4 is 17.6 Å². The standard InChI is InChI=1S/C37H57N5O5/c1-2-3-4-5-6-7-21-39-37(46)42-23-17-30(18-24-42)36(45)41-25-19-32(20-26-41)40-31-10-8-29(9-11-31)16-22-38-27-34(44)28-47-35-14-12-33(43)13-15-35/h8-15,30,32,34,38,40,43-44H,2-7,16-28H2,1H3,(H,39,46)/t34-/m0/s1. The van der Waals surface area contributed by atoms with Crippen molar-refractivity contribution in [1.82, 2.24) is 20.4 Å². The van der Waals surface area contributed by atoms with Crippen LogP contribution in [0.3, 0.4) is 0 Å². The van der Waals surface area contributed by atoms with E-state index in [1.807, 2.05) is 9.80 Å². The van der Waals surface area contributed by atoms with Gasteiger partial charge in [0.15, 0.2) is 0 Å². The average molecular weight is 652 g/mol. The van der Waals surface area contributed by atoms with Crippen molar-refractivity contribution in [2.45, 2.75) is 89.7 Å². The van der Waals surface area contributed by atoms with Crippen LogP contribution >= 0.6 is 0 Å². The molecule has 2 saturated heterocycles. The van der Waals surface area contributed by atoms with Crippen LogP contribution in [-0.2, 0) is 11.2 Å². The van der Waals surface area contributed by atoms with Gasteiger partial charge in [-0.25, -0.2) is 4.79 Å². The Kier molecular flexibility index (Phi) is 15.5. The number of aliphatic hydroxyl groups excluding tert-OH is 1. The molecule has 0 aromatic heterocycles. The Balaban J connectivity index is 1.04. The van der Waals surface area contributed by atoms with Crippen LogP contribution in [0.5, 0.6) is 11.5 Å². The first-order chi connectivity index (χ1) is 22.9. The number of rotatable bonds is 18. The van der Waals surface area contributed by atoms with Gasteiger partial charge in [-0.2, -0.15) is 0 Å². The zero-order valence-electron chi connectivity index (χ0n) is 28.3. The van der Waals surface area contributed by atoms with Crippen LogP contribution in [0.1, 0.15) is 76.7 Å². The molecule has 2 fully saturated rings. The molecule has 2 aromatic rings. The second-order valence-corrected chi connectivity index (χ2v) is 13.1. The summed E-state index contributed by atoms with van der Waals surface area (Å²) < 4.78 is 5.55. The minimum atomic E-state index is -0.622. The first kappa shape index (κ1) is 36.3. The third kappa shape index (κ3) is 12.9. The molecule has 0 saturated carbocycles. The molecule has 2 heterocycles. The average Bonchev–Trinajstić information content (AvgIpc) is 3.10. The fourth-order valence-corrected chi connectivity index (χ4v) is 6.34. The largest absolute Gasteiger partial charge is 0.508 e. The van der Waals surface area contributed by atoms with E-state index in [0.29, 0.717) is 31.4 Å². The number of hydrogen-bond donors (Lipinski definition) is 5. The number of benzene rings is 2. The van der Waals surface area contributed by atoms with Crippen molar-refractivity contribution in [3.05, 3.63) is 54.1 Å². The van der Waals surface area contributed by atoms with Crippen molar-refractivity contribution < 1.29 is 24.5 Å². The van der Waals surface area contributed by atoms with Crippen LogP contribution in [-0.4, -0.2) is 96.5 Å². The van der Waals surface area contributed by atoms with Crippen LogP contribution in [0.4, 0.5) is 10.5 Å². The van der Waals surface area contributed by atoms with Crippen LogP contribution in [0.25, 0.3) is 0 Å². The molecule has 2 aromatic carbocycles. The number of urea groups is 1. The van der Waals surface area contributed by atoms with E-state index >= 15 is 0 Å². The quantitative estimate of drug-likeness (QED) is 0.141. The van der Waals surface area contributed by atoms with Crippen molar-refractivity contribution in [1.29, 1.82) is 0 Å². The number of phenols is 1. The maximum Gasteiger partial charge on any atom is 0.317 e. The SMILES string of the molecule is CCCCCCCCNC(=O)N1CCC(C(=O)N2CCC(Nc3ccc(CCNC[C@H](O)COc4ccc(O)cc4)cc3)CC2)CC1. The maximum absolute atomic E-state index is 13.3. The van der Waals surface area contributed by atoms with Crippen molar-refractivity contribution in [3.8, 4) is 11.5 Å². The molecule has 0 aliphatic carbocycles. The number of phenolic OH excluding ortho intramolecular Hbond substituents is 1. The van der Waals surface area contributed by atoms with Gasteiger partial charge in [0.05, 0.1) is 0 Å². The third-order valence-electron chi connectivity index (χ3n) is 9.32. The molecule has 2 aliphatic heterocycles. The molecule has 5 N–H and O–H groups in total. The number of anilines is 1. The molecule has 0 unspecified atom stereocenters. The number of ether oxygens (including phenoxy) is 1. The van der Waals surface area contributed by atoms with Gasteiger partial charge in [-0.3, -0.25) is 4.79 Å². The molecule has 10 heteroatoms. The summed E-state index contributed by atoms with van der Waals surface area (Å²) in [5.74, 6) is 1.07. The van der Waals surface area contributed by atoms with Crippen LogP contribution in [0.2, 0.25) is 0 Å². The zero-order valence-corrected chi connectivity index (χ0v) is 28.3. The normalized spacial score (nSPS) is 16.6. The highest BCUT2D eigenvalue weighted by molar-refractivity contribution is 5.80. The predicted octanol–water partition coefficient (Wildman–Crippen LogP) is 5.15. The summed E-state index contributed by atoms with van der Waals surface area (Å²) in [6, 6.07) is 15.3. The summed E-state index contributed by atoms with van der Waals surface area (Å²) in [7, 11) is 0. The molecule has 0 radical (unpaired) electrons. The second kappa shape index (κ2) is 20.0. The lowest BCUT2D eigenvalue weighted by Gasteiger charge is -2.37. The predicted molar refractivity (Wildman–Crippen MR) is 187 cm³/mol. The number of amides is 3. The summed E-state index contributed by atoms with van der Waals surface area (Å²) in [5.41, 5.74) is 2.31. The van der Waals surface area contributed by atoms with E-state index in [1.165, 1.54) is 37.7 Å². The van der Waals surface area contributed by atoms with Crippen molar-refractivity contribution in [2.24, 2.45) is 5.92 Å². The van der Waals surface area contributed by atoms with Gasteiger partial charge in [-0.1, -0.05) is 51.2 Å². The highest BCUT2D eigenvalue weighted by Crippen LogP contribution is 2.24.